The Kier molecular flexibility index (Phi) is 6.60. The lowest BCUT2D eigenvalue weighted by Gasteiger charge is -2.08. The first kappa shape index (κ1) is 16.4. The summed E-state index contributed by atoms with van der Waals surface area (Å²) in [7, 11) is 4.50. The van der Waals surface area contributed by atoms with Crippen LogP contribution in [-0.2, 0) is 0 Å². The molecule has 0 saturated carbocycles. The zero-order chi connectivity index (χ0) is 15.7. The third kappa shape index (κ3) is 4.72. The molecule has 5 heteroatoms. The molecule has 0 bridgehead atoms. The van der Waals surface area contributed by atoms with Crippen LogP contribution in [0.1, 0.15) is 10.4 Å². The van der Waals surface area contributed by atoms with Crippen LogP contribution in [0.25, 0.3) is 0 Å². The van der Waals surface area contributed by atoms with Gasteiger partial charge >= 0.3 is 5.97 Å². The van der Waals surface area contributed by atoms with Crippen LogP contribution in [0.15, 0.2) is 48.5 Å². The molecule has 1 N–H and O–H groups in total. The molecule has 5 nitrogen and oxygen atoms in total. The summed E-state index contributed by atoms with van der Waals surface area (Å²) in [5.74, 6) is 0.445. The van der Waals surface area contributed by atoms with Crippen LogP contribution in [0.3, 0.4) is 0 Å². The first-order chi connectivity index (χ1) is 10.1. The number of benzene rings is 2. The van der Waals surface area contributed by atoms with Gasteiger partial charge in [0.2, 0.25) is 0 Å². The lowest BCUT2D eigenvalue weighted by Crippen LogP contribution is -2.03. The Morgan fingerprint density at radius 2 is 1.33 bits per heavy atom. The summed E-state index contributed by atoms with van der Waals surface area (Å²) in [6.45, 7) is 0. The van der Waals surface area contributed by atoms with Crippen molar-refractivity contribution in [3.05, 3.63) is 54.1 Å². The van der Waals surface area contributed by atoms with E-state index in [4.69, 9.17) is 19.3 Å². The van der Waals surface area contributed by atoms with E-state index in [0.717, 1.165) is 5.75 Å². The fourth-order valence-corrected chi connectivity index (χ4v) is 1.62. The van der Waals surface area contributed by atoms with Crippen LogP contribution in [-0.4, -0.2) is 32.4 Å². The van der Waals surface area contributed by atoms with E-state index in [2.05, 4.69) is 0 Å². The molecule has 21 heavy (non-hydrogen) atoms. The maximum absolute atomic E-state index is 10.8. The molecule has 2 rings (SSSR count). The minimum atomic E-state index is -1.06. The molecule has 0 atom stereocenters. The van der Waals surface area contributed by atoms with E-state index in [1.807, 2.05) is 30.3 Å². The van der Waals surface area contributed by atoms with E-state index in [9.17, 15) is 4.79 Å². The summed E-state index contributed by atoms with van der Waals surface area (Å²) in [6.07, 6.45) is 0. The molecule has 0 radical (unpaired) electrons. The lowest BCUT2D eigenvalue weighted by molar-refractivity contribution is 0.0689. The van der Waals surface area contributed by atoms with Crippen molar-refractivity contribution in [2.45, 2.75) is 0 Å². The van der Waals surface area contributed by atoms with Crippen molar-refractivity contribution >= 4 is 5.97 Å². The number of carboxylic acids is 1. The Morgan fingerprint density at radius 1 is 0.810 bits per heavy atom. The average molecular weight is 290 g/mol. The molecule has 2 aromatic carbocycles. The minimum Gasteiger partial charge on any atom is -0.497 e. The highest BCUT2D eigenvalue weighted by Crippen LogP contribution is 2.27. The first-order valence-corrected chi connectivity index (χ1v) is 6.17. The monoisotopic (exact) mass is 290 g/mol. The summed E-state index contributed by atoms with van der Waals surface area (Å²) in [5, 5.41) is 8.85. The molecular weight excluding hydrogens is 272 g/mol. The molecule has 0 amide bonds. The third-order valence-electron chi connectivity index (χ3n) is 2.62. The number of methoxy groups -OCH3 is 3. The molecule has 0 saturated heterocycles. The van der Waals surface area contributed by atoms with Crippen molar-refractivity contribution in [1.82, 2.24) is 0 Å². The predicted octanol–water partition coefficient (Wildman–Crippen LogP) is 3.10. The molecule has 0 spiro atoms. The van der Waals surface area contributed by atoms with E-state index in [1.54, 1.807) is 25.3 Å². The number of rotatable bonds is 4. The molecule has 112 valence electrons. The summed E-state index contributed by atoms with van der Waals surface area (Å²) in [5.41, 5.74) is 0.0486. The Labute approximate surface area is 123 Å². The lowest BCUT2D eigenvalue weighted by atomic mass is 10.2. The highest BCUT2D eigenvalue weighted by molar-refractivity contribution is 5.94. The second-order valence-corrected chi connectivity index (χ2v) is 3.86. The smallest absolute Gasteiger partial charge is 0.343 e. The summed E-state index contributed by atoms with van der Waals surface area (Å²) < 4.78 is 14.7. The molecule has 0 unspecified atom stereocenters. The van der Waals surface area contributed by atoms with Gasteiger partial charge in [0, 0.05) is 0 Å². The number of aromatic carboxylic acids is 1. The second-order valence-electron chi connectivity index (χ2n) is 3.86. The number of ether oxygens (including phenoxy) is 3. The van der Waals surface area contributed by atoms with E-state index < -0.39 is 5.97 Å². The molecule has 0 aliphatic heterocycles. The SMILES string of the molecule is COc1cccc(OC)c1C(=O)O.COc1ccccc1. The molecule has 0 aliphatic carbocycles. The van der Waals surface area contributed by atoms with E-state index >= 15 is 0 Å². The Balaban J connectivity index is 0.000000235. The fourth-order valence-electron chi connectivity index (χ4n) is 1.62. The van der Waals surface area contributed by atoms with Gasteiger partial charge in [-0.25, -0.2) is 4.79 Å². The molecule has 2 aromatic rings. The third-order valence-corrected chi connectivity index (χ3v) is 2.62. The van der Waals surface area contributed by atoms with Crippen LogP contribution >= 0.6 is 0 Å². The maximum atomic E-state index is 10.8. The van der Waals surface area contributed by atoms with Crippen molar-refractivity contribution in [3.8, 4) is 17.2 Å². The van der Waals surface area contributed by atoms with Gasteiger partial charge in [-0.2, -0.15) is 0 Å². The van der Waals surface area contributed by atoms with Gasteiger partial charge in [-0.1, -0.05) is 24.3 Å². The van der Waals surface area contributed by atoms with Crippen LogP contribution in [0.5, 0.6) is 17.2 Å². The van der Waals surface area contributed by atoms with Crippen LogP contribution in [0, 0.1) is 0 Å². The zero-order valence-corrected chi connectivity index (χ0v) is 12.2. The summed E-state index contributed by atoms with van der Waals surface area (Å²) >= 11 is 0. The molecular formula is C16H18O5. The molecule has 0 aliphatic rings. The van der Waals surface area contributed by atoms with Gasteiger partial charge in [0.25, 0.3) is 0 Å². The van der Waals surface area contributed by atoms with Gasteiger partial charge in [0.05, 0.1) is 21.3 Å². The summed E-state index contributed by atoms with van der Waals surface area (Å²) in [4.78, 5) is 10.8. The standard InChI is InChI=1S/C9H10O4.C7H8O/c1-12-6-4-3-5-7(13-2)8(6)9(10)11;1-8-7-5-3-2-4-6-7/h3-5H,1-2H3,(H,10,11);2-6H,1H3. The quantitative estimate of drug-likeness (QED) is 0.937. The van der Waals surface area contributed by atoms with Gasteiger partial charge in [0.15, 0.2) is 0 Å². The summed E-state index contributed by atoms with van der Waals surface area (Å²) in [6, 6.07) is 14.5. The van der Waals surface area contributed by atoms with E-state index in [-0.39, 0.29) is 5.56 Å². The maximum Gasteiger partial charge on any atom is 0.343 e. The highest BCUT2D eigenvalue weighted by Gasteiger charge is 2.16. The number of para-hydroxylation sites is 1. The second kappa shape index (κ2) is 8.47. The van der Waals surface area contributed by atoms with Gasteiger partial charge in [-0.15, -0.1) is 0 Å². The Morgan fingerprint density at radius 3 is 1.67 bits per heavy atom. The first-order valence-electron chi connectivity index (χ1n) is 6.17. The van der Waals surface area contributed by atoms with Crippen LogP contribution in [0.2, 0.25) is 0 Å². The number of hydrogen-bond donors (Lipinski definition) is 1. The fraction of sp³-hybridized carbons (Fsp3) is 0.188. The van der Waals surface area contributed by atoms with Gasteiger partial charge < -0.3 is 19.3 Å². The van der Waals surface area contributed by atoms with Crippen LogP contribution < -0.4 is 14.2 Å². The van der Waals surface area contributed by atoms with Crippen molar-refractivity contribution < 1.29 is 24.1 Å². The molecule has 0 fully saturated rings. The van der Waals surface area contributed by atoms with E-state index in [1.165, 1.54) is 14.2 Å². The van der Waals surface area contributed by atoms with E-state index in [0.29, 0.717) is 11.5 Å². The molecule has 0 aromatic heterocycles. The molecule has 0 heterocycles. The normalized spacial score (nSPS) is 9.10. The largest absolute Gasteiger partial charge is 0.497 e. The van der Waals surface area contributed by atoms with Gasteiger partial charge in [-0.05, 0) is 24.3 Å². The topological polar surface area (TPSA) is 65.0 Å². The Bertz CT molecular complexity index is 544. The number of hydrogen-bond acceptors (Lipinski definition) is 4. The number of carbonyl (C=O) groups is 1. The van der Waals surface area contributed by atoms with Crippen LogP contribution in [0.4, 0.5) is 0 Å². The van der Waals surface area contributed by atoms with Gasteiger partial charge in [0.1, 0.15) is 22.8 Å². The van der Waals surface area contributed by atoms with Crippen molar-refractivity contribution in [1.29, 1.82) is 0 Å². The van der Waals surface area contributed by atoms with Crippen molar-refractivity contribution in [3.63, 3.8) is 0 Å². The average Bonchev–Trinajstić information content (AvgIpc) is 2.55. The minimum absolute atomic E-state index is 0.0486. The zero-order valence-electron chi connectivity index (χ0n) is 12.2. The van der Waals surface area contributed by atoms with Gasteiger partial charge in [-0.3, -0.25) is 0 Å². The van der Waals surface area contributed by atoms with Crippen molar-refractivity contribution in [2.75, 3.05) is 21.3 Å². The van der Waals surface area contributed by atoms with Crippen molar-refractivity contribution in [2.24, 2.45) is 0 Å². The highest BCUT2D eigenvalue weighted by atomic mass is 16.5. The Hall–Kier alpha value is -2.69. The predicted molar refractivity (Wildman–Crippen MR) is 79.5 cm³/mol. The number of carboxylic acid groups (broad SMARTS) is 1.